The molecule has 0 unspecified atom stereocenters. The first kappa shape index (κ1) is 17.5. The lowest BCUT2D eigenvalue weighted by Crippen LogP contribution is -2.14. The van der Waals surface area contributed by atoms with Gasteiger partial charge in [-0.25, -0.2) is 14.4 Å². The second-order valence-electron chi connectivity index (χ2n) is 5.99. The minimum Gasteiger partial charge on any atom is -0.365 e. The topological polar surface area (TPSA) is 66.9 Å². The van der Waals surface area contributed by atoms with E-state index in [1.807, 2.05) is 32.0 Å². The van der Waals surface area contributed by atoms with Crippen molar-refractivity contribution in [2.75, 3.05) is 10.6 Å². The molecule has 0 aliphatic rings. The summed E-state index contributed by atoms with van der Waals surface area (Å²) in [7, 11) is 0. The molecule has 0 radical (unpaired) electrons. The van der Waals surface area contributed by atoms with Crippen molar-refractivity contribution in [3.05, 3.63) is 83.1 Å². The smallest absolute Gasteiger partial charge is 0.275 e. The number of carbonyl (C=O) groups excluding carboxylic acids is 1. The van der Waals surface area contributed by atoms with Crippen LogP contribution in [0.2, 0.25) is 0 Å². The summed E-state index contributed by atoms with van der Waals surface area (Å²) in [6, 6.07) is 12.2. The first-order chi connectivity index (χ1) is 12.5. The standard InChI is InChI=1S/C20H19FN4O/c1-13-7-8-16(9-14(13)2)25-20(26)18-11-24-19(12-22-18)23-10-15-5-3-4-6-17(15)21/h3-9,11-12H,10H2,1-2H3,(H,23,24)(H,25,26). The number of aromatic nitrogens is 2. The van der Waals surface area contributed by atoms with Crippen molar-refractivity contribution in [1.82, 2.24) is 9.97 Å². The molecule has 0 aliphatic heterocycles. The summed E-state index contributed by atoms with van der Waals surface area (Å²) in [6.07, 6.45) is 2.84. The number of benzene rings is 2. The van der Waals surface area contributed by atoms with Crippen LogP contribution in [0, 0.1) is 19.7 Å². The lowest BCUT2D eigenvalue weighted by atomic mass is 10.1. The number of hydrogen-bond acceptors (Lipinski definition) is 4. The third-order valence-corrected chi connectivity index (χ3v) is 4.07. The molecule has 0 fully saturated rings. The Morgan fingerprint density at radius 2 is 1.85 bits per heavy atom. The normalized spacial score (nSPS) is 10.4. The zero-order chi connectivity index (χ0) is 18.5. The minimum atomic E-state index is -0.332. The number of rotatable bonds is 5. The Balaban J connectivity index is 1.62. The van der Waals surface area contributed by atoms with E-state index in [4.69, 9.17) is 0 Å². The van der Waals surface area contributed by atoms with Gasteiger partial charge >= 0.3 is 0 Å². The molecule has 0 bridgehead atoms. The lowest BCUT2D eigenvalue weighted by molar-refractivity contribution is 0.102. The van der Waals surface area contributed by atoms with Gasteiger partial charge in [0.1, 0.15) is 17.3 Å². The quantitative estimate of drug-likeness (QED) is 0.727. The highest BCUT2D eigenvalue weighted by molar-refractivity contribution is 6.02. The predicted molar refractivity (Wildman–Crippen MR) is 99.6 cm³/mol. The van der Waals surface area contributed by atoms with E-state index < -0.39 is 0 Å². The Hall–Kier alpha value is -3.28. The van der Waals surface area contributed by atoms with Gasteiger partial charge in [0.05, 0.1) is 12.4 Å². The van der Waals surface area contributed by atoms with Gasteiger partial charge in [-0.3, -0.25) is 4.79 Å². The van der Waals surface area contributed by atoms with Crippen LogP contribution in [0.25, 0.3) is 0 Å². The number of nitrogens with zero attached hydrogens (tertiary/aromatic N) is 2. The number of amides is 1. The molecule has 3 rings (SSSR count). The lowest BCUT2D eigenvalue weighted by Gasteiger charge is -2.08. The fourth-order valence-corrected chi connectivity index (χ4v) is 2.38. The van der Waals surface area contributed by atoms with Crippen LogP contribution in [-0.2, 0) is 6.54 Å². The van der Waals surface area contributed by atoms with Crippen LogP contribution < -0.4 is 10.6 Å². The summed E-state index contributed by atoms with van der Waals surface area (Å²) in [4.78, 5) is 20.5. The number of carbonyl (C=O) groups is 1. The maximum atomic E-state index is 13.6. The van der Waals surface area contributed by atoms with Crippen molar-refractivity contribution < 1.29 is 9.18 Å². The van der Waals surface area contributed by atoms with Crippen molar-refractivity contribution in [3.63, 3.8) is 0 Å². The van der Waals surface area contributed by atoms with Crippen LogP contribution >= 0.6 is 0 Å². The fraction of sp³-hybridized carbons (Fsp3) is 0.150. The second kappa shape index (κ2) is 7.74. The van der Waals surface area contributed by atoms with E-state index in [1.54, 1.807) is 18.2 Å². The third kappa shape index (κ3) is 4.22. The average molecular weight is 350 g/mol. The summed E-state index contributed by atoms with van der Waals surface area (Å²) >= 11 is 0. The Labute approximate surface area is 151 Å². The van der Waals surface area contributed by atoms with Gasteiger partial charge in [-0.1, -0.05) is 24.3 Å². The SMILES string of the molecule is Cc1ccc(NC(=O)c2cnc(NCc3ccccc3F)cn2)cc1C. The van der Waals surface area contributed by atoms with E-state index >= 15 is 0 Å². The first-order valence-corrected chi connectivity index (χ1v) is 8.21. The minimum absolute atomic E-state index is 0.208. The van der Waals surface area contributed by atoms with E-state index in [2.05, 4.69) is 20.6 Å². The van der Waals surface area contributed by atoms with Gasteiger partial charge in [0.15, 0.2) is 0 Å². The molecule has 5 nitrogen and oxygen atoms in total. The van der Waals surface area contributed by atoms with E-state index in [0.717, 1.165) is 11.1 Å². The van der Waals surface area contributed by atoms with E-state index in [0.29, 0.717) is 17.1 Å². The van der Waals surface area contributed by atoms with Crippen LogP contribution in [-0.4, -0.2) is 15.9 Å². The molecule has 0 saturated heterocycles. The molecule has 1 aromatic heterocycles. The van der Waals surface area contributed by atoms with Crippen LogP contribution in [0.5, 0.6) is 0 Å². The zero-order valence-corrected chi connectivity index (χ0v) is 14.6. The predicted octanol–water partition coefficient (Wildman–Crippen LogP) is 4.10. The highest BCUT2D eigenvalue weighted by atomic mass is 19.1. The molecule has 3 aromatic rings. The van der Waals surface area contributed by atoms with E-state index in [-0.39, 0.29) is 24.0 Å². The Kier molecular flexibility index (Phi) is 5.22. The van der Waals surface area contributed by atoms with Gasteiger partial charge in [-0.05, 0) is 43.2 Å². The third-order valence-electron chi connectivity index (χ3n) is 4.07. The number of nitrogens with one attached hydrogen (secondary N) is 2. The second-order valence-corrected chi connectivity index (χ2v) is 5.99. The van der Waals surface area contributed by atoms with Crippen molar-refractivity contribution in [2.45, 2.75) is 20.4 Å². The van der Waals surface area contributed by atoms with Crippen LogP contribution in [0.3, 0.4) is 0 Å². The number of anilines is 2. The van der Waals surface area contributed by atoms with Gasteiger partial charge in [0.2, 0.25) is 0 Å². The van der Waals surface area contributed by atoms with Gasteiger partial charge in [-0.2, -0.15) is 0 Å². The van der Waals surface area contributed by atoms with Gasteiger partial charge in [0.25, 0.3) is 5.91 Å². The molecule has 6 heteroatoms. The molecule has 0 saturated carbocycles. The van der Waals surface area contributed by atoms with Crippen LogP contribution in [0.1, 0.15) is 27.2 Å². The molecule has 1 heterocycles. The number of hydrogen-bond donors (Lipinski definition) is 2. The molecular weight excluding hydrogens is 331 g/mol. The molecule has 2 aromatic carbocycles. The van der Waals surface area contributed by atoms with E-state index in [9.17, 15) is 9.18 Å². The summed E-state index contributed by atoms with van der Waals surface area (Å²) in [6.45, 7) is 4.29. The molecular formula is C20H19FN4O. The summed E-state index contributed by atoms with van der Waals surface area (Å²) in [5, 5.41) is 5.79. The maximum absolute atomic E-state index is 13.6. The largest absolute Gasteiger partial charge is 0.365 e. The van der Waals surface area contributed by atoms with Crippen molar-refractivity contribution >= 4 is 17.4 Å². The fourth-order valence-electron chi connectivity index (χ4n) is 2.38. The first-order valence-electron chi connectivity index (χ1n) is 8.21. The summed E-state index contributed by atoms with van der Waals surface area (Å²) < 4.78 is 13.6. The maximum Gasteiger partial charge on any atom is 0.275 e. The highest BCUT2D eigenvalue weighted by Gasteiger charge is 2.09. The molecule has 0 aliphatic carbocycles. The summed E-state index contributed by atoms with van der Waals surface area (Å²) in [5.41, 5.74) is 3.71. The van der Waals surface area contributed by atoms with Gasteiger partial charge in [0, 0.05) is 17.8 Å². The molecule has 0 atom stereocenters. The van der Waals surface area contributed by atoms with Crippen molar-refractivity contribution in [2.24, 2.45) is 0 Å². The zero-order valence-electron chi connectivity index (χ0n) is 14.6. The Bertz CT molecular complexity index is 925. The average Bonchev–Trinajstić information content (AvgIpc) is 2.64. The van der Waals surface area contributed by atoms with Crippen LogP contribution in [0.4, 0.5) is 15.9 Å². The van der Waals surface area contributed by atoms with Gasteiger partial charge < -0.3 is 10.6 Å². The van der Waals surface area contributed by atoms with Crippen molar-refractivity contribution in [1.29, 1.82) is 0 Å². The molecule has 1 amide bonds. The molecule has 2 N–H and O–H groups in total. The van der Waals surface area contributed by atoms with E-state index in [1.165, 1.54) is 18.5 Å². The highest BCUT2D eigenvalue weighted by Crippen LogP contribution is 2.15. The number of halogens is 1. The Morgan fingerprint density at radius 3 is 2.54 bits per heavy atom. The monoisotopic (exact) mass is 350 g/mol. The number of aryl methyl sites for hydroxylation is 2. The Morgan fingerprint density at radius 1 is 1.04 bits per heavy atom. The van der Waals surface area contributed by atoms with Crippen molar-refractivity contribution in [3.8, 4) is 0 Å². The van der Waals surface area contributed by atoms with Gasteiger partial charge in [-0.15, -0.1) is 0 Å². The molecule has 26 heavy (non-hydrogen) atoms. The molecule has 132 valence electrons. The molecule has 0 spiro atoms. The van der Waals surface area contributed by atoms with Crippen LogP contribution in [0.15, 0.2) is 54.9 Å². The summed E-state index contributed by atoms with van der Waals surface area (Å²) in [5.74, 6) is -0.144.